The van der Waals surface area contributed by atoms with Gasteiger partial charge in [-0.2, -0.15) is 5.26 Å². The molecule has 0 spiro atoms. The van der Waals surface area contributed by atoms with Crippen molar-refractivity contribution < 1.29 is 0 Å². The molecule has 0 saturated carbocycles. The van der Waals surface area contributed by atoms with Crippen LogP contribution in [0.15, 0.2) is 0 Å². The largest absolute Gasteiger partial charge is 0.302 e. The summed E-state index contributed by atoms with van der Waals surface area (Å²) >= 11 is 0. The number of nitriles is 1. The van der Waals surface area contributed by atoms with Crippen LogP contribution in [-0.2, 0) is 0 Å². The Labute approximate surface area is 36.8 Å². The van der Waals surface area contributed by atoms with Gasteiger partial charge in [0.2, 0.25) is 0 Å². The number of hydrogen-bond acceptors (Lipinski definition) is 2. The molecule has 0 radical (unpaired) electrons. The molecule has 6 heavy (non-hydrogen) atoms. The molecule has 1 N–H and O–H groups in total. The van der Waals surface area contributed by atoms with Gasteiger partial charge in [0.25, 0.3) is 0 Å². The fourth-order valence-electron chi connectivity index (χ4n) is 0.399. The van der Waals surface area contributed by atoms with Crippen molar-refractivity contribution in [3.63, 3.8) is 0 Å². The van der Waals surface area contributed by atoms with Crippen LogP contribution in [0.3, 0.4) is 0 Å². The lowest BCUT2D eigenvalue weighted by Gasteiger charge is -2.19. The van der Waals surface area contributed by atoms with Gasteiger partial charge in [-0.15, -0.1) is 0 Å². The van der Waals surface area contributed by atoms with Gasteiger partial charge in [0, 0.05) is 0 Å². The van der Waals surface area contributed by atoms with Gasteiger partial charge in [0.15, 0.2) is 0 Å². The molecule has 2 nitrogen and oxygen atoms in total. The van der Waals surface area contributed by atoms with Crippen LogP contribution in [-0.4, -0.2) is 12.6 Å². The first-order chi connectivity index (χ1) is 2.93. The highest BCUT2D eigenvalue weighted by molar-refractivity contribution is 4.95. The SMILES string of the molecule is N#CC1CCN1. The van der Waals surface area contributed by atoms with E-state index in [-0.39, 0.29) is 6.04 Å². The minimum Gasteiger partial charge on any atom is -0.302 e. The zero-order valence-corrected chi connectivity index (χ0v) is 3.44. The van der Waals surface area contributed by atoms with Crippen LogP contribution in [0.4, 0.5) is 0 Å². The Bertz CT molecular complexity index is 78.0. The molecule has 1 aliphatic rings. The molecule has 1 aliphatic heterocycles. The van der Waals surface area contributed by atoms with E-state index in [1.54, 1.807) is 0 Å². The molecule has 1 fully saturated rings. The molecule has 1 unspecified atom stereocenters. The molecular weight excluding hydrogens is 76.1 g/mol. The molecule has 0 aromatic rings. The van der Waals surface area contributed by atoms with Gasteiger partial charge in [-0.3, -0.25) is 0 Å². The quantitative estimate of drug-likeness (QED) is 0.442. The standard InChI is InChI=1S/C4H6N2/c5-3-4-1-2-6-4/h4,6H,1-2H2. The maximum Gasteiger partial charge on any atom is 0.0965 e. The van der Waals surface area contributed by atoms with Crippen molar-refractivity contribution in [1.82, 2.24) is 5.32 Å². The molecule has 0 aromatic heterocycles. The second-order valence-corrected chi connectivity index (χ2v) is 1.42. The molecular formula is C4H6N2. The summed E-state index contributed by atoms with van der Waals surface area (Å²) in [6.07, 6.45) is 1.04. The van der Waals surface area contributed by atoms with Crippen molar-refractivity contribution in [1.29, 1.82) is 5.26 Å². The zero-order chi connectivity index (χ0) is 4.41. The fourth-order valence-corrected chi connectivity index (χ4v) is 0.399. The van der Waals surface area contributed by atoms with Crippen molar-refractivity contribution in [2.75, 3.05) is 6.54 Å². The average Bonchev–Trinajstić information content (AvgIpc) is 1.31. The van der Waals surface area contributed by atoms with E-state index in [1.165, 1.54) is 0 Å². The lowest BCUT2D eigenvalue weighted by Crippen LogP contribution is -2.41. The lowest BCUT2D eigenvalue weighted by molar-refractivity contribution is 0.445. The predicted molar refractivity (Wildman–Crippen MR) is 22.0 cm³/mol. The maximum atomic E-state index is 8.07. The third-order valence-corrected chi connectivity index (χ3v) is 0.980. The van der Waals surface area contributed by atoms with Gasteiger partial charge in [-0.25, -0.2) is 0 Å². The van der Waals surface area contributed by atoms with Crippen molar-refractivity contribution in [3.8, 4) is 6.07 Å². The first kappa shape index (κ1) is 3.63. The molecule has 1 heterocycles. The first-order valence-electron chi connectivity index (χ1n) is 2.06. The highest BCUT2D eigenvalue weighted by Gasteiger charge is 2.13. The highest BCUT2D eigenvalue weighted by Crippen LogP contribution is 1.97. The molecule has 1 saturated heterocycles. The van der Waals surface area contributed by atoms with Crippen LogP contribution in [0.25, 0.3) is 0 Å². The summed E-state index contributed by atoms with van der Waals surface area (Å²) in [4.78, 5) is 0. The van der Waals surface area contributed by atoms with Crippen LogP contribution >= 0.6 is 0 Å². The Morgan fingerprint density at radius 2 is 2.50 bits per heavy atom. The van der Waals surface area contributed by atoms with Gasteiger partial charge < -0.3 is 5.32 Å². The second kappa shape index (κ2) is 1.27. The molecule has 2 heteroatoms. The van der Waals surface area contributed by atoms with Crippen LogP contribution in [0.2, 0.25) is 0 Å². The monoisotopic (exact) mass is 82.1 g/mol. The van der Waals surface area contributed by atoms with Gasteiger partial charge in [0.05, 0.1) is 12.1 Å². The molecule has 1 rings (SSSR count). The second-order valence-electron chi connectivity index (χ2n) is 1.42. The van der Waals surface area contributed by atoms with Crippen molar-refractivity contribution in [3.05, 3.63) is 0 Å². The molecule has 0 amide bonds. The van der Waals surface area contributed by atoms with Gasteiger partial charge >= 0.3 is 0 Å². The lowest BCUT2D eigenvalue weighted by atomic mass is 10.1. The fraction of sp³-hybridized carbons (Fsp3) is 0.750. The molecule has 0 bridgehead atoms. The van der Waals surface area contributed by atoms with E-state index >= 15 is 0 Å². The van der Waals surface area contributed by atoms with Gasteiger partial charge in [-0.05, 0) is 13.0 Å². The Kier molecular flexibility index (Phi) is 0.771. The van der Waals surface area contributed by atoms with Crippen LogP contribution in [0.5, 0.6) is 0 Å². The van der Waals surface area contributed by atoms with E-state index in [4.69, 9.17) is 5.26 Å². The van der Waals surface area contributed by atoms with E-state index in [2.05, 4.69) is 11.4 Å². The van der Waals surface area contributed by atoms with Crippen molar-refractivity contribution in [2.24, 2.45) is 0 Å². The van der Waals surface area contributed by atoms with Crippen molar-refractivity contribution >= 4 is 0 Å². The zero-order valence-electron chi connectivity index (χ0n) is 3.44. The smallest absolute Gasteiger partial charge is 0.0965 e. The number of rotatable bonds is 0. The van der Waals surface area contributed by atoms with E-state index in [0.29, 0.717) is 0 Å². The van der Waals surface area contributed by atoms with Gasteiger partial charge in [-0.1, -0.05) is 0 Å². The van der Waals surface area contributed by atoms with Gasteiger partial charge in [0.1, 0.15) is 0 Å². The predicted octanol–water partition coefficient (Wildman–Crippen LogP) is -0.128. The van der Waals surface area contributed by atoms with Crippen LogP contribution in [0.1, 0.15) is 6.42 Å². The minimum atomic E-state index is 0.171. The summed E-state index contributed by atoms with van der Waals surface area (Å²) in [5.41, 5.74) is 0. The summed E-state index contributed by atoms with van der Waals surface area (Å²) in [5, 5.41) is 11.0. The van der Waals surface area contributed by atoms with Crippen molar-refractivity contribution in [2.45, 2.75) is 12.5 Å². The van der Waals surface area contributed by atoms with E-state index in [9.17, 15) is 0 Å². The Morgan fingerprint density at radius 3 is 2.50 bits per heavy atom. The number of nitrogens with one attached hydrogen (secondary N) is 1. The highest BCUT2D eigenvalue weighted by atomic mass is 15.0. The number of hydrogen-bond donors (Lipinski definition) is 1. The molecule has 0 aromatic carbocycles. The Balaban J connectivity index is 2.22. The van der Waals surface area contributed by atoms with E-state index in [0.717, 1.165) is 13.0 Å². The molecule has 0 aliphatic carbocycles. The van der Waals surface area contributed by atoms with Crippen LogP contribution < -0.4 is 5.32 Å². The Hall–Kier alpha value is -0.550. The maximum absolute atomic E-state index is 8.07. The molecule has 1 atom stereocenters. The third-order valence-electron chi connectivity index (χ3n) is 0.980. The summed E-state index contributed by atoms with van der Waals surface area (Å²) < 4.78 is 0. The summed E-state index contributed by atoms with van der Waals surface area (Å²) in [6, 6.07) is 2.26. The topological polar surface area (TPSA) is 35.8 Å². The summed E-state index contributed by atoms with van der Waals surface area (Å²) in [6.45, 7) is 1.03. The first-order valence-corrected chi connectivity index (χ1v) is 2.06. The summed E-state index contributed by atoms with van der Waals surface area (Å²) in [5.74, 6) is 0. The van der Waals surface area contributed by atoms with Crippen LogP contribution in [0, 0.1) is 11.3 Å². The molecule has 32 valence electrons. The average molecular weight is 82.1 g/mol. The third kappa shape index (κ3) is 0.373. The summed E-state index contributed by atoms with van der Waals surface area (Å²) in [7, 11) is 0. The van der Waals surface area contributed by atoms with E-state index < -0.39 is 0 Å². The van der Waals surface area contributed by atoms with E-state index in [1.807, 2.05) is 0 Å². The number of nitrogens with zero attached hydrogens (tertiary/aromatic N) is 1. The minimum absolute atomic E-state index is 0.171. The Morgan fingerprint density at radius 1 is 1.83 bits per heavy atom. The normalized spacial score (nSPS) is 30.8.